The Bertz CT molecular complexity index is 1700. The van der Waals surface area contributed by atoms with Crippen LogP contribution in [0.3, 0.4) is 0 Å². The van der Waals surface area contributed by atoms with E-state index in [1.54, 1.807) is 23.8 Å². The average molecular weight is 541 g/mol. The second kappa shape index (κ2) is 10.4. The normalized spacial score (nSPS) is 11.8. The Morgan fingerprint density at radius 1 is 0.585 bits per heavy atom. The maximum Gasteiger partial charge on any atom is 0.118 e. The predicted molar refractivity (Wildman–Crippen MR) is 157 cm³/mol. The molecule has 8 heteroatoms. The highest BCUT2D eigenvalue weighted by molar-refractivity contribution is 5.81. The molecule has 0 aliphatic heterocycles. The second-order valence-corrected chi connectivity index (χ2v) is 10.1. The molecule has 41 heavy (non-hydrogen) atoms. The number of fused-ring (bicyclic) bond motifs is 3. The third-order valence-electron chi connectivity index (χ3n) is 7.51. The van der Waals surface area contributed by atoms with Crippen molar-refractivity contribution in [2.45, 2.75) is 19.5 Å². The lowest BCUT2D eigenvalue weighted by Gasteiger charge is -2.05. The summed E-state index contributed by atoms with van der Waals surface area (Å²) in [6.45, 7) is 1.21. The van der Waals surface area contributed by atoms with Crippen LogP contribution in [0, 0.1) is 0 Å². The van der Waals surface area contributed by atoms with Crippen LogP contribution in [-0.2, 0) is 19.5 Å². The standard InChI is InChI=1S/C33H28N6O2/c1-40-28-9-3-22(4-10-28)20-38-34-18-32(36-38)24-7-13-30-26(15-24)17-27-16-25(8-14-31(27)30)33-19-35-39(37-33)21-23-5-11-29(41-2)12-6-23/h3-16,18-19H,17,20-21H2,1-2H3. The zero-order valence-electron chi connectivity index (χ0n) is 22.9. The van der Waals surface area contributed by atoms with Gasteiger partial charge in [0.25, 0.3) is 0 Å². The third-order valence-corrected chi connectivity index (χ3v) is 7.51. The highest BCUT2D eigenvalue weighted by Gasteiger charge is 2.21. The summed E-state index contributed by atoms with van der Waals surface area (Å²) in [6, 6.07) is 29.1. The van der Waals surface area contributed by atoms with Crippen molar-refractivity contribution in [3.8, 4) is 45.1 Å². The first-order valence-corrected chi connectivity index (χ1v) is 13.5. The summed E-state index contributed by atoms with van der Waals surface area (Å²) in [4.78, 5) is 3.46. The van der Waals surface area contributed by atoms with Crippen LogP contribution in [0.4, 0.5) is 0 Å². The highest BCUT2D eigenvalue weighted by Crippen LogP contribution is 2.40. The van der Waals surface area contributed by atoms with Crippen LogP contribution in [-0.4, -0.2) is 44.2 Å². The maximum absolute atomic E-state index is 5.25. The molecular formula is C33H28N6O2. The van der Waals surface area contributed by atoms with E-state index in [1.807, 2.05) is 60.9 Å². The molecule has 1 aliphatic rings. The van der Waals surface area contributed by atoms with E-state index in [0.29, 0.717) is 13.1 Å². The molecule has 4 aromatic carbocycles. The van der Waals surface area contributed by atoms with Gasteiger partial charge in [-0.05, 0) is 76.2 Å². The van der Waals surface area contributed by atoms with Gasteiger partial charge in [-0.3, -0.25) is 0 Å². The highest BCUT2D eigenvalue weighted by atomic mass is 16.5. The van der Waals surface area contributed by atoms with Crippen molar-refractivity contribution in [3.63, 3.8) is 0 Å². The van der Waals surface area contributed by atoms with Gasteiger partial charge in [-0.15, -0.1) is 0 Å². The van der Waals surface area contributed by atoms with Crippen LogP contribution in [0.1, 0.15) is 22.3 Å². The van der Waals surface area contributed by atoms with E-state index in [2.05, 4.69) is 46.6 Å². The number of nitrogens with zero attached hydrogens (tertiary/aromatic N) is 6. The largest absolute Gasteiger partial charge is 0.497 e. The lowest BCUT2D eigenvalue weighted by molar-refractivity contribution is 0.414. The minimum absolute atomic E-state index is 0.605. The van der Waals surface area contributed by atoms with Crippen molar-refractivity contribution in [2.75, 3.05) is 14.2 Å². The van der Waals surface area contributed by atoms with Crippen molar-refractivity contribution in [1.82, 2.24) is 30.0 Å². The molecule has 0 bridgehead atoms. The van der Waals surface area contributed by atoms with Gasteiger partial charge < -0.3 is 9.47 Å². The summed E-state index contributed by atoms with van der Waals surface area (Å²) >= 11 is 0. The van der Waals surface area contributed by atoms with E-state index < -0.39 is 0 Å². The van der Waals surface area contributed by atoms with Crippen LogP contribution < -0.4 is 9.47 Å². The molecule has 0 N–H and O–H groups in total. The van der Waals surface area contributed by atoms with Gasteiger partial charge in [0.1, 0.15) is 22.9 Å². The minimum atomic E-state index is 0.605. The van der Waals surface area contributed by atoms with Crippen LogP contribution in [0.25, 0.3) is 33.6 Å². The molecule has 0 saturated carbocycles. The van der Waals surface area contributed by atoms with Gasteiger partial charge in [0.2, 0.25) is 0 Å². The van der Waals surface area contributed by atoms with E-state index in [9.17, 15) is 0 Å². The Morgan fingerprint density at radius 2 is 1.02 bits per heavy atom. The van der Waals surface area contributed by atoms with Crippen molar-refractivity contribution in [1.29, 1.82) is 0 Å². The van der Waals surface area contributed by atoms with Gasteiger partial charge >= 0.3 is 0 Å². The molecule has 0 atom stereocenters. The molecule has 8 nitrogen and oxygen atoms in total. The molecular weight excluding hydrogens is 512 g/mol. The van der Waals surface area contributed by atoms with Crippen molar-refractivity contribution in [3.05, 3.63) is 120 Å². The van der Waals surface area contributed by atoms with E-state index in [1.165, 1.54) is 22.3 Å². The van der Waals surface area contributed by atoms with Gasteiger partial charge in [0, 0.05) is 11.1 Å². The lowest BCUT2D eigenvalue weighted by atomic mass is 10.0. The quantitative estimate of drug-likeness (QED) is 0.239. The van der Waals surface area contributed by atoms with E-state index in [0.717, 1.165) is 51.6 Å². The monoisotopic (exact) mass is 540 g/mol. The third kappa shape index (κ3) is 4.96. The predicted octanol–water partition coefficient (Wildman–Crippen LogP) is 5.89. The van der Waals surface area contributed by atoms with Gasteiger partial charge in [-0.2, -0.15) is 30.0 Å². The Morgan fingerprint density at radius 3 is 1.44 bits per heavy atom. The fourth-order valence-electron chi connectivity index (χ4n) is 5.33. The summed E-state index contributed by atoms with van der Waals surface area (Å²) in [5.74, 6) is 1.68. The van der Waals surface area contributed by atoms with Gasteiger partial charge in [-0.25, -0.2) is 0 Å². The number of methoxy groups -OCH3 is 2. The molecule has 0 saturated heterocycles. The van der Waals surface area contributed by atoms with Crippen LogP contribution in [0.2, 0.25) is 0 Å². The maximum atomic E-state index is 5.25. The lowest BCUT2D eigenvalue weighted by Crippen LogP contribution is -2.03. The number of aromatic nitrogens is 6. The summed E-state index contributed by atoms with van der Waals surface area (Å²) in [5, 5.41) is 18.5. The van der Waals surface area contributed by atoms with E-state index in [4.69, 9.17) is 19.7 Å². The first-order chi connectivity index (χ1) is 20.1. The summed E-state index contributed by atoms with van der Waals surface area (Å²) < 4.78 is 10.5. The molecule has 0 amide bonds. The molecule has 0 unspecified atom stereocenters. The van der Waals surface area contributed by atoms with E-state index in [-0.39, 0.29) is 0 Å². The molecule has 1 aliphatic carbocycles. The van der Waals surface area contributed by atoms with Gasteiger partial charge in [0.15, 0.2) is 0 Å². The number of ether oxygens (including phenoxy) is 2. The Balaban J connectivity index is 1.06. The molecule has 7 rings (SSSR count). The van der Waals surface area contributed by atoms with Crippen molar-refractivity contribution >= 4 is 0 Å². The molecule has 2 aromatic heterocycles. The van der Waals surface area contributed by atoms with E-state index >= 15 is 0 Å². The summed E-state index contributed by atoms with van der Waals surface area (Å²) in [5.41, 5.74) is 11.2. The molecule has 0 fully saturated rings. The summed E-state index contributed by atoms with van der Waals surface area (Å²) in [7, 11) is 3.34. The van der Waals surface area contributed by atoms with Gasteiger partial charge in [-0.1, -0.05) is 48.5 Å². The SMILES string of the molecule is COc1ccc(Cn2ncc(-c3ccc4c(c3)Cc3cc(-c5cnn(Cc6ccc(OC)cc6)n5)ccc3-4)n2)cc1. The van der Waals surface area contributed by atoms with Crippen LogP contribution in [0.15, 0.2) is 97.3 Å². The molecule has 202 valence electrons. The van der Waals surface area contributed by atoms with Crippen molar-refractivity contribution < 1.29 is 9.47 Å². The first kappa shape index (κ1) is 24.8. The Kier molecular flexibility index (Phi) is 6.28. The smallest absolute Gasteiger partial charge is 0.118 e. The zero-order valence-corrected chi connectivity index (χ0v) is 22.9. The minimum Gasteiger partial charge on any atom is -0.497 e. The number of benzene rings is 4. The van der Waals surface area contributed by atoms with Crippen LogP contribution in [0.5, 0.6) is 11.5 Å². The second-order valence-electron chi connectivity index (χ2n) is 10.1. The number of hydrogen-bond donors (Lipinski definition) is 0. The number of rotatable bonds is 8. The number of hydrogen-bond acceptors (Lipinski definition) is 6. The first-order valence-electron chi connectivity index (χ1n) is 13.5. The molecule has 6 aromatic rings. The average Bonchev–Trinajstić information content (AvgIpc) is 3.76. The fraction of sp³-hybridized carbons (Fsp3) is 0.152. The zero-order chi connectivity index (χ0) is 27.8. The Hall–Kier alpha value is -5.24. The van der Waals surface area contributed by atoms with Crippen LogP contribution >= 0.6 is 0 Å². The van der Waals surface area contributed by atoms with Crippen molar-refractivity contribution in [2.24, 2.45) is 0 Å². The topological polar surface area (TPSA) is 79.9 Å². The molecule has 0 spiro atoms. The fourth-order valence-corrected chi connectivity index (χ4v) is 5.33. The molecule has 2 heterocycles. The summed E-state index contributed by atoms with van der Waals surface area (Å²) in [6.07, 6.45) is 4.54. The molecule has 0 radical (unpaired) electrons. The van der Waals surface area contributed by atoms with Gasteiger partial charge in [0.05, 0.1) is 39.7 Å². The Labute approximate surface area is 237 Å².